The fourth-order valence-electron chi connectivity index (χ4n) is 2.97. The summed E-state index contributed by atoms with van der Waals surface area (Å²) in [6, 6.07) is 2.20. The Kier molecular flexibility index (Phi) is 21.7. The van der Waals surface area contributed by atoms with Crippen LogP contribution in [0.2, 0.25) is 0 Å². The Hall–Kier alpha value is -0.160. The Morgan fingerprint density at radius 1 is 0.565 bits per heavy atom. The van der Waals surface area contributed by atoms with Crippen LogP contribution < -0.4 is 0 Å². The molecule has 0 aliphatic rings. The summed E-state index contributed by atoms with van der Waals surface area (Å²) >= 11 is 1.94. The van der Waals surface area contributed by atoms with Gasteiger partial charge in [-0.2, -0.15) is 17.0 Å². The van der Waals surface area contributed by atoms with Gasteiger partial charge in [0.25, 0.3) is 0 Å². The maximum Gasteiger partial charge on any atom is 0.0630 e. The van der Waals surface area contributed by atoms with Gasteiger partial charge >= 0.3 is 0 Å². The number of hydrogen-bond donors (Lipinski definition) is 0. The highest BCUT2D eigenvalue weighted by molar-refractivity contribution is 7.99. The maximum absolute atomic E-state index is 8.45. The van der Waals surface area contributed by atoms with Gasteiger partial charge < -0.3 is 0 Å². The molecule has 0 aromatic rings. The van der Waals surface area contributed by atoms with Crippen molar-refractivity contribution in [3.63, 3.8) is 0 Å². The minimum atomic E-state index is 0.712. The van der Waals surface area contributed by atoms with Crippen molar-refractivity contribution in [1.82, 2.24) is 0 Å². The first-order valence-corrected chi connectivity index (χ1v) is 11.5. The van der Waals surface area contributed by atoms with Crippen molar-refractivity contribution < 1.29 is 0 Å². The monoisotopic (exact) mass is 339 g/mol. The van der Waals surface area contributed by atoms with Crippen LogP contribution in [0, 0.1) is 11.3 Å². The third-order valence-corrected chi connectivity index (χ3v) is 5.57. The van der Waals surface area contributed by atoms with Crippen LogP contribution in [0.1, 0.15) is 116 Å². The zero-order chi connectivity index (χ0) is 16.8. The molecule has 136 valence electrons. The highest BCUT2D eigenvalue weighted by Crippen LogP contribution is 2.14. The molecule has 0 amide bonds. The van der Waals surface area contributed by atoms with Crippen LogP contribution in [-0.2, 0) is 0 Å². The molecule has 0 aliphatic heterocycles. The fraction of sp³-hybridized carbons (Fsp3) is 0.952. The number of thioether (sulfide) groups is 1. The van der Waals surface area contributed by atoms with Crippen LogP contribution in [0.15, 0.2) is 0 Å². The molecule has 0 N–H and O–H groups in total. The second-order valence-corrected chi connectivity index (χ2v) is 8.05. The maximum atomic E-state index is 8.45. The second kappa shape index (κ2) is 21.8. The second-order valence-electron chi connectivity index (χ2n) is 6.82. The van der Waals surface area contributed by atoms with Crippen molar-refractivity contribution in [3.05, 3.63) is 0 Å². The SMILES string of the molecule is CCCCCCCCCCCCCCCCCCSCCC#N. The molecule has 0 rings (SSSR count). The molecule has 0 aliphatic carbocycles. The Bertz CT molecular complexity index is 247. The van der Waals surface area contributed by atoms with Crippen LogP contribution in [0.25, 0.3) is 0 Å². The number of rotatable bonds is 19. The molecule has 0 heterocycles. The van der Waals surface area contributed by atoms with Gasteiger partial charge in [0.05, 0.1) is 6.07 Å². The normalized spacial score (nSPS) is 10.8. The number of nitrogens with zero attached hydrogens (tertiary/aromatic N) is 1. The van der Waals surface area contributed by atoms with Gasteiger partial charge in [-0.3, -0.25) is 0 Å². The summed E-state index contributed by atoms with van der Waals surface area (Å²) in [5.41, 5.74) is 0. The van der Waals surface area contributed by atoms with E-state index in [4.69, 9.17) is 5.26 Å². The molecule has 0 aromatic carbocycles. The van der Waals surface area contributed by atoms with E-state index in [9.17, 15) is 0 Å². The average molecular weight is 340 g/mol. The van der Waals surface area contributed by atoms with E-state index in [1.807, 2.05) is 11.8 Å². The zero-order valence-corrected chi connectivity index (χ0v) is 16.6. The summed E-state index contributed by atoms with van der Waals surface area (Å²) in [6.07, 6.45) is 23.7. The summed E-state index contributed by atoms with van der Waals surface area (Å²) in [4.78, 5) is 0. The highest BCUT2D eigenvalue weighted by atomic mass is 32.2. The van der Waals surface area contributed by atoms with Gasteiger partial charge in [0.15, 0.2) is 0 Å². The molecule has 0 aromatic heterocycles. The molecule has 0 atom stereocenters. The summed E-state index contributed by atoms with van der Waals surface area (Å²) in [6.45, 7) is 2.29. The summed E-state index contributed by atoms with van der Waals surface area (Å²) in [5.74, 6) is 2.27. The van der Waals surface area contributed by atoms with Crippen LogP contribution in [0.5, 0.6) is 0 Å². The van der Waals surface area contributed by atoms with Crippen molar-refractivity contribution in [2.24, 2.45) is 0 Å². The van der Waals surface area contributed by atoms with Gasteiger partial charge in [-0.05, 0) is 12.2 Å². The minimum Gasteiger partial charge on any atom is -0.198 e. The molecular formula is C21H41NS. The Morgan fingerprint density at radius 2 is 0.957 bits per heavy atom. The third-order valence-electron chi connectivity index (χ3n) is 4.50. The van der Waals surface area contributed by atoms with Crippen LogP contribution in [0.3, 0.4) is 0 Å². The number of nitriles is 1. The van der Waals surface area contributed by atoms with Crippen LogP contribution in [-0.4, -0.2) is 11.5 Å². The molecule has 0 saturated carbocycles. The van der Waals surface area contributed by atoms with E-state index >= 15 is 0 Å². The zero-order valence-electron chi connectivity index (χ0n) is 15.8. The van der Waals surface area contributed by atoms with Crippen molar-refractivity contribution >= 4 is 11.8 Å². The minimum absolute atomic E-state index is 0.712. The van der Waals surface area contributed by atoms with Crippen LogP contribution in [0.4, 0.5) is 0 Å². The highest BCUT2D eigenvalue weighted by Gasteiger charge is 1.95. The summed E-state index contributed by atoms with van der Waals surface area (Å²) in [7, 11) is 0. The van der Waals surface area contributed by atoms with E-state index in [1.165, 1.54) is 108 Å². The van der Waals surface area contributed by atoms with Crippen molar-refractivity contribution in [1.29, 1.82) is 5.26 Å². The molecule has 0 bridgehead atoms. The van der Waals surface area contributed by atoms with Gasteiger partial charge in [0, 0.05) is 12.2 Å². The van der Waals surface area contributed by atoms with Crippen LogP contribution >= 0.6 is 11.8 Å². The average Bonchev–Trinajstić information content (AvgIpc) is 2.57. The Balaban J connectivity index is 2.94. The van der Waals surface area contributed by atoms with E-state index in [0.29, 0.717) is 6.42 Å². The van der Waals surface area contributed by atoms with Crippen molar-refractivity contribution in [2.75, 3.05) is 11.5 Å². The first-order valence-electron chi connectivity index (χ1n) is 10.4. The summed E-state index contributed by atoms with van der Waals surface area (Å²) in [5, 5.41) is 8.45. The van der Waals surface area contributed by atoms with E-state index in [-0.39, 0.29) is 0 Å². The molecule has 0 spiro atoms. The smallest absolute Gasteiger partial charge is 0.0630 e. The first-order chi connectivity index (χ1) is 11.4. The lowest BCUT2D eigenvalue weighted by Crippen LogP contribution is -1.85. The topological polar surface area (TPSA) is 23.8 Å². The Morgan fingerprint density at radius 3 is 1.35 bits per heavy atom. The lowest BCUT2D eigenvalue weighted by Gasteiger charge is -2.03. The lowest BCUT2D eigenvalue weighted by atomic mass is 10.0. The Labute approximate surface area is 151 Å². The van der Waals surface area contributed by atoms with E-state index in [2.05, 4.69) is 13.0 Å². The largest absolute Gasteiger partial charge is 0.198 e. The van der Waals surface area contributed by atoms with Gasteiger partial charge in [-0.15, -0.1) is 0 Å². The first kappa shape index (κ1) is 22.8. The molecule has 0 fully saturated rings. The van der Waals surface area contributed by atoms with Crippen molar-refractivity contribution in [2.45, 2.75) is 116 Å². The van der Waals surface area contributed by atoms with E-state index in [1.54, 1.807) is 0 Å². The van der Waals surface area contributed by atoms with Gasteiger partial charge in [0.1, 0.15) is 0 Å². The van der Waals surface area contributed by atoms with Gasteiger partial charge in [-0.25, -0.2) is 0 Å². The molecule has 1 nitrogen and oxygen atoms in total. The predicted molar refractivity (Wildman–Crippen MR) is 107 cm³/mol. The van der Waals surface area contributed by atoms with Gasteiger partial charge in [-0.1, -0.05) is 103 Å². The van der Waals surface area contributed by atoms with E-state index in [0.717, 1.165) is 5.75 Å². The molecular weight excluding hydrogens is 298 g/mol. The third kappa shape index (κ3) is 21.8. The molecule has 2 heteroatoms. The number of hydrogen-bond acceptors (Lipinski definition) is 2. The van der Waals surface area contributed by atoms with E-state index < -0.39 is 0 Å². The standard InChI is InChI=1S/C21H41NS/c1-2-3-4-5-6-7-8-9-10-11-12-13-14-15-16-17-20-23-21-18-19-22/h2-18,20-21H2,1H3. The molecule has 0 radical (unpaired) electrons. The predicted octanol–water partition coefficient (Wildman–Crippen LogP) is 7.89. The molecule has 0 saturated heterocycles. The number of unbranched alkanes of at least 4 members (excludes halogenated alkanes) is 15. The molecule has 0 unspecified atom stereocenters. The molecule has 23 heavy (non-hydrogen) atoms. The van der Waals surface area contributed by atoms with Crippen molar-refractivity contribution in [3.8, 4) is 6.07 Å². The fourth-order valence-corrected chi connectivity index (χ4v) is 3.82. The quantitative estimate of drug-likeness (QED) is 0.223. The summed E-state index contributed by atoms with van der Waals surface area (Å²) < 4.78 is 0. The van der Waals surface area contributed by atoms with Gasteiger partial charge in [0.2, 0.25) is 0 Å². The lowest BCUT2D eigenvalue weighted by molar-refractivity contribution is 0.531.